The first kappa shape index (κ1) is 13.8. The summed E-state index contributed by atoms with van der Waals surface area (Å²) in [6.45, 7) is 7.64. The zero-order valence-corrected chi connectivity index (χ0v) is 10.7. The monoisotopic (exact) mass is 242 g/mol. The summed E-state index contributed by atoms with van der Waals surface area (Å²) >= 11 is 0. The molecule has 0 radical (unpaired) electrons. The molecule has 2 N–H and O–H groups in total. The van der Waals surface area contributed by atoms with Crippen LogP contribution in [0, 0.1) is 5.41 Å². The number of nitrogens with one attached hydrogen (secondary N) is 2. The zero-order valence-electron chi connectivity index (χ0n) is 10.7. The molecular formula is C14H18N4. The Hall–Kier alpha value is -2.23. The Labute approximate surface area is 108 Å². The van der Waals surface area contributed by atoms with Gasteiger partial charge < -0.3 is 10.7 Å². The molecule has 4 heteroatoms. The van der Waals surface area contributed by atoms with Crippen molar-refractivity contribution in [1.82, 2.24) is 4.98 Å². The fourth-order valence-electron chi connectivity index (χ4n) is 1.40. The lowest BCUT2D eigenvalue weighted by molar-refractivity contribution is 0.888. The molecule has 18 heavy (non-hydrogen) atoms. The predicted octanol–water partition coefficient (Wildman–Crippen LogP) is 3.15. The van der Waals surface area contributed by atoms with Crippen molar-refractivity contribution in [2.75, 3.05) is 5.32 Å². The summed E-state index contributed by atoms with van der Waals surface area (Å²) < 4.78 is 0. The van der Waals surface area contributed by atoms with Crippen LogP contribution >= 0.6 is 0 Å². The Bertz CT molecular complexity index is 472. The Balaban J connectivity index is 3.12. The molecule has 0 aliphatic heterocycles. The van der Waals surface area contributed by atoms with Crippen LogP contribution in [-0.4, -0.2) is 23.5 Å². The summed E-state index contributed by atoms with van der Waals surface area (Å²) in [5, 5.41) is 10.7. The van der Waals surface area contributed by atoms with Gasteiger partial charge in [-0.2, -0.15) is 0 Å². The molecule has 1 heterocycles. The van der Waals surface area contributed by atoms with Gasteiger partial charge in [-0.05, 0) is 26.0 Å². The SMILES string of the molecule is C=CC=NC=C(C=N)c1cccnc1NC(C)C. The molecule has 1 aromatic rings. The van der Waals surface area contributed by atoms with Crippen molar-refractivity contribution in [3.63, 3.8) is 0 Å². The Morgan fingerprint density at radius 3 is 2.94 bits per heavy atom. The molecule has 0 saturated carbocycles. The second kappa shape index (κ2) is 7.17. The van der Waals surface area contributed by atoms with E-state index in [2.05, 4.69) is 21.9 Å². The fraction of sp³-hybridized carbons (Fsp3) is 0.214. The maximum Gasteiger partial charge on any atom is 0.134 e. The smallest absolute Gasteiger partial charge is 0.134 e. The molecule has 0 spiro atoms. The first-order valence-electron chi connectivity index (χ1n) is 5.75. The normalized spacial score (nSPS) is 11.8. The number of hydrogen-bond donors (Lipinski definition) is 2. The fourth-order valence-corrected chi connectivity index (χ4v) is 1.40. The predicted molar refractivity (Wildman–Crippen MR) is 78.4 cm³/mol. The summed E-state index contributed by atoms with van der Waals surface area (Å²) in [6.07, 6.45) is 7.78. The summed E-state index contributed by atoms with van der Waals surface area (Å²) in [7, 11) is 0. The van der Waals surface area contributed by atoms with E-state index in [-0.39, 0.29) is 6.04 Å². The van der Waals surface area contributed by atoms with Gasteiger partial charge in [0.25, 0.3) is 0 Å². The molecule has 0 amide bonds. The van der Waals surface area contributed by atoms with Gasteiger partial charge in [-0.15, -0.1) is 0 Å². The summed E-state index contributed by atoms with van der Waals surface area (Å²) in [5.74, 6) is 0.760. The van der Waals surface area contributed by atoms with Crippen LogP contribution in [0.15, 0.2) is 42.2 Å². The van der Waals surface area contributed by atoms with Crippen LogP contribution in [0.3, 0.4) is 0 Å². The summed E-state index contributed by atoms with van der Waals surface area (Å²) in [4.78, 5) is 8.33. The van der Waals surface area contributed by atoms with Gasteiger partial charge in [0.15, 0.2) is 0 Å². The van der Waals surface area contributed by atoms with Crippen LogP contribution in [0.25, 0.3) is 5.57 Å². The van der Waals surface area contributed by atoms with Crippen LogP contribution in [0.2, 0.25) is 0 Å². The molecule has 1 rings (SSSR count). The average Bonchev–Trinajstić information content (AvgIpc) is 2.35. The molecule has 0 unspecified atom stereocenters. The Kier molecular flexibility index (Phi) is 5.51. The van der Waals surface area contributed by atoms with E-state index in [0.717, 1.165) is 11.4 Å². The third kappa shape index (κ3) is 3.97. The standard InChI is InChI=1S/C14H18N4/c1-4-7-16-10-12(9-15)13-6-5-8-17-14(13)18-11(2)3/h4-11,15H,1H2,2-3H3,(H,17,18). The van der Waals surface area contributed by atoms with Gasteiger partial charge in [0.2, 0.25) is 0 Å². The maximum absolute atomic E-state index is 7.46. The molecule has 0 bridgehead atoms. The summed E-state index contributed by atoms with van der Waals surface area (Å²) in [5.41, 5.74) is 1.56. The van der Waals surface area contributed by atoms with Crippen LogP contribution in [0.4, 0.5) is 5.82 Å². The van der Waals surface area contributed by atoms with Crippen molar-refractivity contribution >= 4 is 23.8 Å². The average molecular weight is 242 g/mol. The minimum absolute atomic E-state index is 0.280. The number of aromatic nitrogens is 1. The van der Waals surface area contributed by atoms with Crippen LogP contribution in [0.5, 0.6) is 0 Å². The van der Waals surface area contributed by atoms with Crippen molar-refractivity contribution in [3.05, 3.63) is 42.7 Å². The molecule has 0 aromatic carbocycles. The highest BCUT2D eigenvalue weighted by atomic mass is 15.0. The molecule has 94 valence electrons. The lowest BCUT2D eigenvalue weighted by Crippen LogP contribution is -2.12. The van der Waals surface area contributed by atoms with Crippen LogP contribution in [-0.2, 0) is 0 Å². The number of pyridine rings is 1. The van der Waals surface area contributed by atoms with Gasteiger partial charge in [0.1, 0.15) is 5.82 Å². The molecule has 0 aliphatic rings. The lowest BCUT2D eigenvalue weighted by atomic mass is 10.1. The van der Waals surface area contributed by atoms with E-state index >= 15 is 0 Å². The summed E-state index contributed by atoms with van der Waals surface area (Å²) in [6, 6.07) is 4.04. The largest absolute Gasteiger partial charge is 0.367 e. The molecular weight excluding hydrogens is 224 g/mol. The topological polar surface area (TPSA) is 61.1 Å². The molecule has 0 fully saturated rings. The number of hydrogen-bond acceptors (Lipinski definition) is 4. The van der Waals surface area contributed by atoms with Gasteiger partial charge in [0, 0.05) is 42.0 Å². The number of allylic oxidation sites excluding steroid dienone is 2. The van der Waals surface area contributed by atoms with E-state index in [9.17, 15) is 0 Å². The number of aliphatic imine (C=N–C) groups is 1. The van der Waals surface area contributed by atoms with E-state index in [1.165, 1.54) is 6.21 Å². The maximum atomic E-state index is 7.46. The second-order valence-corrected chi connectivity index (χ2v) is 3.96. The van der Waals surface area contributed by atoms with Gasteiger partial charge in [-0.25, -0.2) is 4.98 Å². The molecule has 0 saturated heterocycles. The minimum atomic E-state index is 0.280. The second-order valence-electron chi connectivity index (χ2n) is 3.96. The highest BCUT2D eigenvalue weighted by Crippen LogP contribution is 2.20. The van der Waals surface area contributed by atoms with E-state index in [4.69, 9.17) is 5.41 Å². The van der Waals surface area contributed by atoms with Gasteiger partial charge in [-0.1, -0.05) is 12.7 Å². The van der Waals surface area contributed by atoms with Crippen molar-refractivity contribution < 1.29 is 0 Å². The quantitative estimate of drug-likeness (QED) is 0.753. The Morgan fingerprint density at radius 2 is 2.33 bits per heavy atom. The first-order valence-corrected chi connectivity index (χ1v) is 5.75. The van der Waals surface area contributed by atoms with E-state index < -0.39 is 0 Å². The first-order chi connectivity index (χ1) is 8.69. The van der Waals surface area contributed by atoms with Crippen LogP contribution < -0.4 is 5.32 Å². The van der Waals surface area contributed by atoms with Crippen molar-refractivity contribution in [3.8, 4) is 0 Å². The van der Waals surface area contributed by atoms with E-state index in [1.807, 2.05) is 26.0 Å². The van der Waals surface area contributed by atoms with Gasteiger partial charge >= 0.3 is 0 Å². The van der Waals surface area contributed by atoms with E-state index in [1.54, 1.807) is 24.7 Å². The van der Waals surface area contributed by atoms with Crippen LogP contribution in [0.1, 0.15) is 19.4 Å². The molecule has 0 atom stereocenters. The molecule has 4 nitrogen and oxygen atoms in total. The van der Waals surface area contributed by atoms with Gasteiger partial charge in [0.05, 0.1) is 0 Å². The van der Waals surface area contributed by atoms with Crippen molar-refractivity contribution in [1.29, 1.82) is 5.41 Å². The Morgan fingerprint density at radius 1 is 1.56 bits per heavy atom. The molecule has 0 aliphatic carbocycles. The van der Waals surface area contributed by atoms with Crippen molar-refractivity contribution in [2.45, 2.75) is 19.9 Å². The third-order valence-corrected chi connectivity index (χ3v) is 2.10. The third-order valence-electron chi connectivity index (χ3n) is 2.10. The highest BCUT2D eigenvalue weighted by Gasteiger charge is 2.07. The van der Waals surface area contributed by atoms with E-state index in [0.29, 0.717) is 5.57 Å². The minimum Gasteiger partial charge on any atom is -0.367 e. The van der Waals surface area contributed by atoms with Crippen molar-refractivity contribution in [2.24, 2.45) is 4.99 Å². The zero-order chi connectivity index (χ0) is 13.4. The lowest BCUT2D eigenvalue weighted by Gasteiger charge is -2.13. The number of anilines is 1. The van der Waals surface area contributed by atoms with Gasteiger partial charge in [-0.3, -0.25) is 4.99 Å². The number of nitrogens with zero attached hydrogens (tertiary/aromatic N) is 2. The number of rotatable bonds is 6. The molecule has 1 aromatic heterocycles. The highest BCUT2D eigenvalue weighted by molar-refractivity contribution is 6.10.